The lowest BCUT2D eigenvalue weighted by Crippen LogP contribution is -2.13. The molecule has 0 atom stereocenters. The van der Waals surface area contributed by atoms with Crippen LogP contribution < -0.4 is 0 Å². The van der Waals surface area contributed by atoms with Gasteiger partial charge in [-0.2, -0.15) is 0 Å². The Morgan fingerprint density at radius 1 is 1.67 bits per heavy atom. The minimum Gasteiger partial charge on any atom is -0.386 e. The van der Waals surface area contributed by atoms with Crippen LogP contribution in [-0.2, 0) is 5.60 Å². The van der Waals surface area contributed by atoms with Crippen molar-refractivity contribution in [3.8, 4) is 0 Å². The summed E-state index contributed by atoms with van der Waals surface area (Å²) in [6.07, 6.45) is 0. The second kappa shape index (κ2) is 2.12. The minimum absolute atomic E-state index is 0.722. The van der Waals surface area contributed by atoms with Crippen molar-refractivity contribution in [2.75, 3.05) is 0 Å². The molecule has 0 unspecified atom stereocenters. The van der Waals surface area contributed by atoms with Crippen molar-refractivity contribution in [1.29, 1.82) is 0 Å². The smallest absolute Gasteiger partial charge is 0.0854 e. The third kappa shape index (κ3) is 1.53. The van der Waals surface area contributed by atoms with E-state index in [-0.39, 0.29) is 0 Å². The monoisotopic (exact) mass is 141 g/mol. The fraction of sp³-hybridized carbons (Fsp3) is 0.429. The van der Waals surface area contributed by atoms with Gasteiger partial charge in [0.15, 0.2) is 0 Å². The lowest BCUT2D eigenvalue weighted by Gasteiger charge is -2.13. The highest BCUT2D eigenvalue weighted by Gasteiger charge is 2.15. The van der Waals surface area contributed by atoms with Crippen molar-refractivity contribution in [3.63, 3.8) is 0 Å². The van der Waals surface area contributed by atoms with Crippen molar-refractivity contribution in [1.82, 2.24) is 0 Å². The summed E-state index contributed by atoms with van der Waals surface area (Å²) in [6, 6.07) is 1.88. The number of rotatable bonds is 1. The maximum Gasteiger partial charge on any atom is 0.0854 e. The fourth-order valence-electron chi connectivity index (χ4n) is 0.562. The first-order valence-electron chi connectivity index (χ1n) is 2.79. The van der Waals surface area contributed by atoms with Crippen LogP contribution in [0.1, 0.15) is 19.4 Å². The summed E-state index contributed by atoms with van der Waals surface area (Å²) in [6.45, 7) is 3.51. The first-order chi connectivity index (χ1) is 4.11. The van der Waals surface area contributed by atoms with Gasteiger partial charge >= 0.3 is 0 Å². The molecular formula is C7H9OS. The van der Waals surface area contributed by atoms with Crippen LogP contribution >= 0.6 is 11.3 Å². The standard InChI is InChI=1S/C7H9OS/c1-7(2,8)6-3-4-9-5-6/h3-4,8H,1-2H3. The lowest BCUT2D eigenvalue weighted by atomic mass is 10.0. The highest BCUT2D eigenvalue weighted by molar-refractivity contribution is 7.07. The molecule has 1 nitrogen and oxygen atoms in total. The lowest BCUT2D eigenvalue weighted by molar-refractivity contribution is 0.0788. The van der Waals surface area contributed by atoms with Crippen molar-refractivity contribution in [2.45, 2.75) is 19.4 Å². The first kappa shape index (κ1) is 6.78. The van der Waals surface area contributed by atoms with Crippen LogP contribution in [0.4, 0.5) is 0 Å². The largest absolute Gasteiger partial charge is 0.386 e. The van der Waals surface area contributed by atoms with E-state index in [1.165, 1.54) is 11.3 Å². The van der Waals surface area contributed by atoms with E-state index >= 15 is 0 Å². The van der Waals surface area contributed by atoms with Gasteiger partial charge in [-0.05, 0) is 25.3 Å². The number of thiophene rings is 1. The second-order valence-electron chi connectivity index (χ2n) is 2.50. The Bertz CT molecular complexity index is 171. The van der Waals surface area contributed by atoms with Gasteiger partial charge in [0, 0.05) is 5.56 Å². The van der Waals surface area contributed by atoms with E-state index in [1.807, 2.05) is 11.4 Å². The van der Waals surface area contributed by atoms with E-state index in [9.17, 15) is 5.11 Å². The Morgan fingerprint density at radius 2 is 2.33 bits per heavy atom. The number of aliphatic hydroxyl groups is 1. The van der Waals surface area contributed by atoms with Crippen molar-refractivity contribution < 1.29 is 5.11 Å². The predicted octanol–water partition coefficient (Wildman–Crippen LogP) is 1.78. The molecule has 1 N–H and O–H groups in total. The molecule has 0 aliphatic heterocycles. The average molecular weight is 141 g/mol. The van der Waals surface area contributed by atoms with Crippen LogP contribution in [0.3, 0.4) is 0 Å². The van der Waals surface area contributed by atoms with E-state index in [4.69, 9.17) is 0 Å². The Balaban J connectivity index is 2.90. The number of hydrogen-bond acceptors (Lipinski definition) is 2. The Hall–Kier alpha value is -0.340. The normalized spacial score (nSPS) is 11.9. The van der Waals surface area contributed by atoms with Gasteiger partial charge in [0.25, 0.3) is 0 Å². The summed E-state index contributed by atoms with van der Waals surface area (Å²) in [7, 11) is 0. The maximum atomic E-state index is 9.35. The van der Waals surface area contributed by atoms with Crippen LogP contribution in [0.5, 0.6) is 0 Å². The predicted molar refractivity (Wildman–Crippen MR) is 38.4 cm³/mol. The molecule has 0 saturated heterocycles. The van der Waals surface area contributed by atoms with Crippen LogP contribution in [0.25, 0.3) is 0 Å². The molecule has 0 fully saturated rings. The molecule has 0 amide bonds. The van der Waals surface area contributed by atoms with Crippen LogP contribution in [0.2, 0.25) is 0 Å². The van der Waals surface area contributed by atoms with Crippen LogP contribution in [0, 0.1) is 5.38 Å². The van der Waals surface area contributed by atoms with E-state index < -0.39 is 5.60 Å². The minimum atomic E-state index is -0.722. The molecule has 0 aromatic carbocycles. The van der Waals surface area contributed by atoms with E-state index in [1.54, 1.807) is 13.8 Å². The molecule has 0 bridgehead atoms. The zero-order chi connectivity index (χ0) is 6.91. The molecule has 1 rings (SSSR count). The van der Waals surface area contributed by atoms with Gasteiger partial charge in [0.1, 0.15) is 0 Å². The average Bonchev–Trinajstić information content (AvgIpc) is 2.08. The zero-order valence-electron chi connectivity index (χ0n) is 5.51. The first-order valence-corrected chi connectivity index (χ1v) is 3.67. The van der Waals surface area contributed by atoms with Crippen LogP contribution in [0.15, 0.2) is 11.4 Å². The second-order valence-corrected chi connectivity index (χ2v) is 3.21. The van der Waals surface area contributed by atoms with Crippen LogP contribution in [-0.4, -0.2) is 5.11 Å². The molecule has 49 valence electrons. The van der Waals surface area contributed by atoms with Gasteiger partial charge in [0.2, 0.25) is 0 Å². The topological polar surface area (TPSA) is 20.2 Å². The van der Waals surface area contributed by atoms with Gasteiger partial charge in [0.05, 0.1) is 11.0 Å². The van der Waals surface area contributed by atoms with Gasteiger partial charge in [-0.3, -0.25) is 0 Å². The molecule has 1 radical (unpaired) electrons. The molecule has 1 heterocycles. The molecule has 9 heavy (non-hydrogen) atoms. The fourth-order valence-corrected chi connectivity index (χ4v) is 1.28. The maximum absolute atomic E-state index is 9.35. The Labute approximate surface area is 59.0 Å². The summed E-state index contributed by atoms with van der Waals surface area (Å²) in [5.41, 5.74) is 0.146. The molecule has 2 heteroatoms. The Kier molecular flexibility index (Phi) is 1.60. The molecule has 1 aromatic rings. The molecular weight excluding hydrogens is 132 g/mol. The van der Waals surface area contributed by atoms with E-state index in [2.05, 4.69) is 5.38 Å². The molecule has 0 spiro atoms. The van der Waals surface area contributed by atoms with E-state index in [0.29, 0.717) is 0 Å². The highest BCUT2D eigenvalue weighted by Crippen LogP contribution is 2.20. The summed E-state index contributed by atoms with van der Waals surface area (Å²) in [4.78, 5) is 0. The van der Waals surface area contributed by atoms with Crippen molar-refractivity contribution in [2.24, 2.45) is 0 Å². The Morgan fingerprint density at radius 3 is 2.56 bits per heavy atom. The third-order valence-electron chi connectivity index (χ3n) is 1.13. The highest BCUT2D eigenvalue weighted by atomic mass is 32.1. The quantitative estimate of drug-likeness (QED) is 0.632. The third-order valence-corrected chi connectivity index (χ3v) is 1.74. The SMILES string of the molecule is CC(C)(O)c1[c]scc1. The summed E-state index contributed by atoms with van der Waals surface area (Å²) in [5.74, 6) is 0. The van der Waals surface area contributed by atoms with Crippen molar-refractivity contribution >= 4 is 11.3 Å². The summed E-state index contributed by atoms with van der Waals surface area (Å²) in [5, 5.41) is 14.2. The molecule has 0 aliphatic rings. The molecule has 1 aromatic heterocycles. The van der Waals surface area contributed by atoms with Gasteiger partial charge < -0.3 is 5.11 Å². The van der Waals surface area contributed by atoms with Crippen molar-refractivity contribution in [3.05, 3.63) is 22.4 Å². The summed E-state index contributed by atoms with van der Waals surface area (Å²) >= 11 is 1.48. The number of hydrogen-bond donors (Lipinski definition) is 1. The molecule has 0 saturated carbocycles. The van der Waals surface area contributed by atoms with Gasteiger partial charge in [-0.25, -0.2) is 0 Å². The zero-order valence-corrected chi connectivity index (χ0v) is 6.33. The summed E-state index contributed by atoms with van der Waals surface area (Å²) < 4.78 is 0. The molecule has 0 aliphatic carbocycles. The van der Waals surface area contributed by atoms with Gasteiger partial charge in [-0.15, -0.1) is 11.3 Å². The van der Waals surface area contributed by atoms with Gasteiger partial charge in [-0.1, -0.05) is 0 Å². The van der Waals surface area contributed by atoms with E-state index in [0.717, 1.165) is 5.56 Å².